The van der Waals surface area contributed by atoms with Gasteiger partial charge >= 0.3 is 6.98 Å². The number of carbonyl (C=O) groups is 1. The summed E-state index contributed by atoms with van der Waals surface area (Å²) in [7, 11) is 1.61. The predicted octanol–water partition coefficient (Wildman–Crippen LogP) is 0.899. The lowest BCUT2D eigenvalue weighted by molar-refractivity contribution is -0.115. The molecule has 88 valence electrons. The topological polar surface area (TPSA) is 41.1 Å². The van der Waals surface area contributed by atoms with Gasteiger partial charge in [-0.15, -0.1) is 5.46 Å². The lowest BCUT2D eigenvalue weighted by Crippen LogP contribution is -2.33. The standard InChI is InChI=1S/C9H11BF3N2O/c1-14-6-9(16)15-8-4-2-7(3-5-8)10(11,12)13/h2-5,14H,6H2,1H3,(H,15,16)/q-1. The molecule has 0 heterocycles. The van der Waals surface area contributed by atoms with Gasteiger partial charge in [-0.05, 0) is 19.2 Å². The normalized spacial score (nSPS) is 11.2. The van der Waals surface area contributed by atoms with Crippen molar-refractivity contribution in [1.29, 1.82) is 0 Å². The molecule has 0 aliphatic carbocycles. The summed E-state index contributed by atoms with van der Waals surface area (Å²) in [5, 5.41) is 5.09. The van der Waals surface area contributed by atoms with E-state index in [-0.39, 0.29) is 12.5 Å². The fourth-order valence-corrected chi connectivity index (χ4v) is 1.15. The van der Waals surface area contributed by atoms with E-state index >= 15 is 0 Å². The summed E-state index contributed by atoms with van der Waals surface area (Å²) >= 11 is 0. The van der Waals surface area contributed by atoms with Crippen LogP contribution in [0.4, 0.5) is 18.6 Å². The Hall–Kier alpha value is -1.50. The number of hydrogen-bond donors (Lipinski definition) is 2. The van der Waals surface area contributed by atoms with Crippen molar-refractivity contribution in [2.24, 2.45) is 0 Å². The van der Waals surface area contributed by atoms with Crippen LogP contribution >= 0.6 is 0 Å². The Balaban J connectivity index is 2.69. The van der Waals surface area contributed by atoms with Gasteiger partial charge in [-0.2, -0.15) is 0 Å². The van der Waals surface area contributed by atoms with Gasteiger partial charge in [0.05, 0.1) is 6.54 Å². The van der Waals surface area contributed by atoms with Crippen molar-refractivity contribution in [3.63, 3.8) is 0 Å². The van der Waals surface area contributed by atoms with Crippen LogP contribution in [0.5, 0.6) is 0 Å². The molecular formula is C9H11BF3N2O-. The van der Waals surface area contributed by atoms with Crippen LogP contribution in [-0.4, -0.2) is 26.5 Å². The van der Waals surface area contributed by atoms with Crippen LogP contribution in [0.25, 0.3) is 0 Å². The number of benzene rings is 1. The molecule has 1 amide bonds. The lowest BCUT2D eigenvalue weighted by Gasteiger charge is -2.15. The summed E-state index contributed by atoms with van der Waals surface area (Å²) in [6.45, 7) is -4.86. The van der Waals surface area contributed by atoms with Crippen LogP contribution in [0.3, 0.4) is 0 Å². The summed E-state index contributed by atoms with van der Waals surface area (Å²) in [5.74, 6) is -0.298. The summed E-state index contributed by atoms with van der Waals surface area (Å²) in [5.41, 5.74) is -0.323. The van der Waals surface area contributed by atoms with E-state index in [1.165, 1.54) is 12.1 Å². The number of halogens is 3. The van der Waals surface area contributed by atoms with Crippen LogP contribution in [0, 0.1) is 0 Å². The molecule has 0 spiro atoms. The monoisotopic (exact) mass is 231 g/mol. The number of amides is 1. The van der Waals surface area contributed by atoms with Crippen molar-refractivity contribution in [3.8, 4) is 0 Å². The molecule has 0 aromatic heterocycles. The highest BCUT2D eigenvalue weighted by atomic mass is 19.4. The molecule has 1 aromatic rings. The van der Waals surface area contributed by atoms with Crippen LogP contribution in [0.15, 0.2) is 24.3 Å². The second-order valence-corrected chi connectivity index (χ2v) is 3.28. The third-order valence-corrected chi connectivity index (χ3v) is 1.91. The number of carbonyl (C=O) groups excluding carboxylic acids is 1. The molecule has 0 saturated carbocycles. The first-order valence-electron chi connectivity index (χ1n) is 4.68. The molecule has 0 unspecified atom stereocenters. The third-order valence-electron chi connectivity index (χ3n) is 1.91. The van der Waals surface area contributed by atoms with E-state index in [0.717, 1.165) is 12.1 Å². The van der Waals surface area contributed by atoms with Crippen molar-refractivity contribution >= 4 is 24.0 Å². The molecule has 0 aliphatic rings. The zero-order chi connectivity index (χ0) is 12.2. The average molecular weight is 231 g/mol. The minimum Gasteiger partial charge on any atom is -0.445 e. The number of rotatable bonds is 4. The first-order valence-corrected chi connectivity index (χ1v) is 4.68. The van der Waals surface area contributed by atoms with Gasteiger partial charge < -0.3 is 23.6 Å². The largest absolute Gasteiger partial charge is 0.509 e. The van der Waals surface area contributed by atoms with Gasteiger partial charge in [-0.3, -0.25) is 4.79 Å². The Kier molecular flexibility index (Phi) is 3.95. The Morgan fingerprint density at radius 1 is 1.25 bits per heavy atom. The molecule has 1 aromatic carbocycles. The van der Waals surface area contributed by atoms with Crippen LogP contribution < -0.4 is 16.1 Å². The van der Waals surface area contributed by atoms with Gasteiger partial charge in [-0.1, -0.05) is 12.1 Å². The van der Waals surface area contributed by atoms with Crippen molar-refractivity contribution in [2.45, 2.75) is 0 Å². The maximum Gasteiger partial charge on any atom is 0.509 e. The fourth-order valence-electron chi connectivity index (χ4n) is 1.15. The molecule has 16 heavy (non-hydrogen) atoms. The molecule has 0 fully saturated rings. The second kappa shape index (κ2) is 5.02. The first-order chi connectivity index (χ1) is 7.43. The first kappa shape index (κ1) is 12.6. The van der Waals surface area contributed by atoms with Crippen molar-refractivity contribution < 1.29 is 17.7 Å². The molecule has 0 bridgehead atoms. The molecule has 7 heteroatoms. The summed E-state index contributed by atoms with van der Waals surface area (Å²) < 4.78 is 36.8. The lowest BCUT2D eigenvalue weighted by atomic mass is 9.80. The Labute approximate surface area is 91.1 Å². The SMILES string of the molecule is CNCC(=O)Nc1ccc([B-](F)(F)F)cc1. The highest BCUT2D eigenvalue weighted by Gasteiger charge is 2.24. The van der Waals surface area contributed by atoms with Crippen molar-refractivity contribution in [3.05, 3.63) is 24.3 Å². The zero-order valence-corrected chi connectivity index (χ0v) is 8.64. The number of hydrogen-bond acceptors (Lipinski definition) is 2. The second-order valence-electron chi connectivity index (χ2n) is 3.28. The van der Waals surface area contributed by atoms with E-state index in [2.05, 4.69) is 10.6 Å². The van der Waals surface area contributed by atoms with Gasteiger partial charge in [0.15, 0.2) is 0 Å². The summed E-state index contributed by atoms with van der Waals surface area (Å²) in [6, 6.07) is 4.38. The minimum absolute atomic E-state index is 0.116. The quantitative estimate of drug-likeness (QED) is 0.756. The third kappa shape index (κ3) is 3.58. The van der Waals surface area contributed by atoms with Gasteiger partial charge in [0, 0.05) is 5.69 Å². The van der Waals surface area contributed by atoms with E-state index in [9.17, 15) is 17.7 Å². The predicted molar refractivity (Wildman–Crippen MR) is 57.7 cm³/mol. The van der Waals surface area contributed by atoms with E-state index in [1.54, 1.807) is 7.05 Å². The van der Waals surface area contributed by atoms with Gasteiger partial charge in [0.2, 0.25) is 5.91 Å². The molecule has 0 saturated heterocycles. The summed E-state index contributed by atoms with van der Waals surface area (Å²) in [6.07, 6.45) is 0. The average Bonchev–Trinajstić information content (AvgIpc) is 2.17. The highest BCUT2D eigenvalue weighted by Crippen LogP contribution is 2.11. The zero-order valence-electron chi connectivity index (χ0n) is 8.64. The van der Waals surface area contributed by atoms with Crippen molar-refractivity contribution in [2.75, 3.05) is 18.9 Å². The number of anilines is 1. The molecule has 0 radical (unpaired) electrons. The van der Waals surface area contributed by atoms with Gasteiger partial charge in [0.1, 0.15) is 0 Å². The Bertz CT molecular complexity index is 364. The van der Waals surface area contributed by atoms with Crippen LogP contribution in [-0.2, 0) is 4.79 Å². The Morgan fingerprint density at radius 2 is 1.81 bits per heavy atom. The highest BCUT2D eigenvalue weighted by molar-refractivity contribution is 6.73. The van der Waals surface area contributed by atoms with Gasteiger partial charge in [-0.25, -0.2) is 0 Å². The van der Waals surface area contributed by atoms with Crippen LogP contribution in [0.2, 0.25) is 0 Å². The molecule has 0 atom stereocenters. The van der Waals surface area contributed by atoms with E-state index in [0.29, 0.717) is 5.69 Å². The Morgan fingerprint density at radius 3 is 2.25 bits per heavy atom. The molecule has 0 aliphatic heterocycles. The summed E-state index contributed by atoms with van der Waals surface area (Å²) in [4.78, 5) is 11.1. The smallest absolute Gasteiger partial charge is 0.445 e. The van der Waals surface area contributed by atoms with E-state index in [4.69, 9.17) is 0 Å². The molecule has 1 rings (SSSR count). The maximum atomic E-state index is 12.3. The minimum atomic E-state index is -4.98. The molecule has 3 nitrogen and oxygen atoms in total. The number of likely N-dealkylation sites (N-methyl/N-ethyl adjacent to an activating group) is 1. The van der Waals surface area contributed by atoms with Gasteiger partial charge in [0.25, 0.3) is 0 Å². The van der Waals surface area contributed by atoms with E-state index in [1.807, 2.05) is 0 Å². The van der Waals surface area contributed by atoms with Crippen molar-refractivity contribution in [1.82, 2.24) is 5.32 Å². The molecule has 2 N–H and O–H groups in total. The number of nitrogens with one attached hydrogen (secondary N) is 2. The molecular weight excluding hydrogens is 220 g/mol. The fraction of sp³-hybridized carbons (Fsp3) is 0.222. The van der Waals surface area contributed by atoms with Crippen LogP contribution in [0.1, 0.15) is 0 Å². The maximum absolute atomic E-state index is 12.3. The van der Waals surface area contributed by atoms with E-state index < -0.39 is 12.4 Å².